The van der Waals surface area contributed by atoms with Crippen LogP contribution in [0.5, 0.6) is 0 Å². The van der Waals surface area contributed by atoms with E-state index in [1.54, 1.807) is 12.1 Å². The summed E-state index contributed by atoms with van der Waals surface area (Å²) in [5, 5.41) is 10.8. The zero-order valence-corrected chi connectivity index (χ0v) is 24.9. The van der Waals surface area contributed by atoms with E-state index in [4.69, 9.17) is 0 Å². The van der Waals surface area contributed by atoms with Crippen molar-refractivity contribution in [1.29, 1.82) is 0 Å². The molecule has 0 bridgehead atoms. The van der Waals surface area contributed by atoms with E-state index in [1.165, 1.54) is 22.9 Å². The summed E-state index contributed by atoms with van der Waals surface area (Å²) in [7, 11) is 0. The predicted molar refractivity (Wildman–Crippen MR) is 186 cm³/mol. The Labute approximate surface area is 267 Å². The Bertz CT molecular complexity index is 2590. The Balaban J connectivity index is 1.36. The summed E-state index contributed by atoms with van der Waals surface area (Å²) in [6.45, 7) is 0. The van der Waals surface area contributed by atoms with E-state index in [-0.39, 0.29) is 5.82 Å². The Morgan fingerprint density at radius 2 is 0.809 bits per heavy atom. The quantitative estimate of drug-likeness (QED) is 0.105. The third-order valence-corrected chi connectivity index (χ3v) is 9.52. The lowest BCUT2D eigenvalue weighted by Crippen LogP contribution is -2.04. The van der Waals surface area contributed by atoms with E-state index in [0.29, 0.717) is 0 Å². The van der Waals surface area contributed by atoms with E-state index in [2.05, 4.69) is 72.8 Å². The Kier molecular flexibility index (Phi) is 5.94. The first kappa shape index (κ1) is 27.6. The first-order valence-corrected chi connectivity index (χ1v) is 15.4. The summed E-state index contributed by atoms with van der Waals surface area (Å²) in [4.78, 5) is 0. The molecular formula is C43H24F4. The average molecular weight is 617 g/mol. The maximum Gasteiger partial charge on any atom is 0.416 e. The van der Waals surface area contributed by atoms with Gasteiger partial charge in [-0.2, -0.15) is 13.2 Å². The van der Waals surface area contributed by atoms with Crippen LogP contribution in [0.1, 0.15) is 5.56 Å². The van der Waals surface area contributed by atoms with Crippen molar-refractivity contribution in [3.8, 4) is 33.4 Å². The van der Waals surface area contributed by atoms with Gasteiger partial charge < -0.3 is 0 Å². The molecule has 0 heterocycles. The van der Waals surface area contributed by atoms with Crippen molar-refractivity contribution in [3.05, 3.63) is 157 Å². The molecule has 0 spiro atoms. The van der Waals surface area contributed by atoms with Crippen LogP contribution in [-0.4, -0.2) is 0 Å². The fourth-order valence-corrected chi connectivity index (χ4v) is 7.46. The maximum atomic E-state index is 13.8. The van der Waals surface area contributed by atoms with Gasteiger partial charge in [0.2, 0.25) is 0 Å². The van der Waals surface area contributed by atoms with Gasteiger partial charge in [0.1, 0.15) is 5.82 Å². The highest BCUT2D eigenvalue weighted by Gasteiger charge is 2.30. The molecule has 0 fully saturated rings. The molecule has 0 unspecified atom stereocenters. The van der Waals surface area contributed by atoms with Crippen molar-refractivity contribution < 1.29 is 17.6 Å². The number of halogens is 4. The fraction of sp³-hybridized carbons (Fsp3) is 0.0233. The van der Waals surface area contributed by atoms with Gasteiger partial charge in [0.25, 0.3) is 0 Å². The van der Waals surface area contributed by atoms with Crippen LogP contribution in [0.25, 0.3) is 87.2 Å². The Morgan fingerprint density at radius 1 is 0.362 bits per heavy atom. The van der Waals surface area contributed by atoms with Gasteiger partial charge in [-0.1, -0.05) is 121 Å². The zero-order valence-electron chi connectivity index (χ0n) is 24.9. The van der Waals surface area contributed by atoms with Crippen molar-refractivity contribution in [3.63, 3.8) is 0 Å². The second-order valence-electron chi connectivity index (χ2n) is 12.1. The molecule has 0 atom stereocenters. The van der Waals surface area contributed by atoms with E-state index in [9.17, 15) is 17.6 Å². The van der Waals surface area contributed by atoms with Crippen molar-refractivity contribution in [2.24, 2.45) is 0 Å². The normalized spacial score (nSPS) is 12.3. The van der Waals surface area contributed by atoms with Crippen molar-refractivity contribution in [2.45, 2.75) is 6.18 Å². The molecule has 0 amide bonds. The molecule has 0 radical (unpaired) electrons. The molecule has 224 valence electrons. The summed E-state index contributed by atoms with van der Waals surface area (Å²) in [6.07, 6.45) is -4.40. The third-order valence-electron chi connectivity index (χ3n) is 9.52. The van der Waals surface area contributed by atoms with Crippen LogP contribution in [0.4, 0.5) is 17.6 Å². The minimum absolute atomic E-state index is 0.264. The summed E-state index contributed by atoms with van der Waals surface area (Å²) >= 11 is 0. The molecule has 0 saturated carbocycles. The van der Waals surface area contributed by atoms with Crippen LogP contribution in [0.15, 0.2) is 146 Å². The summed E-state index contributed by atoms with van der Waals surface area (Å²) in [5.41, 5.74) is 5.17. The van der Waals surface area contributed by atoms with Gasteiger partial charge in [0, 0.05) is 0 Å². The van der Waals surface area contributed by atoms with Gasteiger partial charge in [-0.05, 0) is 112 Å². The van der Waals surface area contributed by atoms with Gasteiger partial charge >= 0.3 is 6.18 Å². The SMILES string of the molecule is Fc1ccc(-c2ccc3ccc4c(-c5c6ccccc6c(-c6ccc(C(F)(F)F)cc6)c6ccccc56)ccc5ccc2c3c54)cc1. The molecule has 0 aromatic heterocycles. The van der Waals surface area contributed by atoms with Gasteiger partial charge in [0.05, 0.1) is 5.56 Å². The standard InChI is InChI=1S/C43H24F4/c44-30-19-11-25(12-20-30)31-21-13-27-15-23-37-38(24-16-28-14-22-36(31)40(27)41(28)37)42-34-7-3-1-5-32(34)39(33-6-2-4-8-35(33)42)26-9-17-29(18-10-26)43(45,46)47/h1-24H. The van der Waals surface area contributed by atoms with E-state index in [0.717, 1.165) is 88.6 Å². The van der Waals surface area contributed by atoms with Crippen molar-refractivity contribution >= 4 is 53.9 Å². The number of hydrogen-bond donors (Lipinski definition) is 0. The van der Waals surface area contributed by atoms with Crippen LogP contribution in [-0.2, 0) is 6.18 Å². The van der Waals surface area contributed by atoms with Gasteiger partial charge in [-0.3, -0.25) is 0 Å². The summed E-state index contributed by atoms with van der Waals surface area (Å²) in [6, 6.07) is 45.7. The zero-order chi connectivity index (χ0) is 31.9. The minimum Gasteiger partial charge on any atom is -0.207 e. The molecule has 9 aromatic rings. The molecule has 4 heteroatoms. The number of fused-ring (bicyclic) bond motifs is 2. The summed E-state index contributed by atoms with van der Waals surface area (Å²) in [5.74, 6) is -0.264. The van der Waals surface area contributed by atoms with Gasteiger partial charge in [-0.15, -0.1) is 0 Å². The topological polar surface area (TPSA) is 0 Å². The van der Waals surface area contributed by atoms with E-state index >= 15 is 0 Å². The number of rotatable bonds is 3. The van der Waals surface area contributed by atoms with Crippen LogP contribution < -0.4 is 0 Å². The first-order valence-electron chi connectivity index (χ1n) is 15.4. The summed E-state index contributed by atoms with van der Waals surface area (Å²) < 4.78 is 54.2. The maximum absolute atomic E-state index is 13.8. The fourth-order valence-electron chi connectivity index (χ4n) is 7.46. The number of alkyl halides is 3. The lowest BCUT2D eigenvalue weighted by atomic mass is 9.83. The van der Waals surface area contributed by atoms with Crippen molar-refractivity contribution in [1.82, 2.24) is 0 Å². The van der Waals surface area contributed by atoms with Gasteiger partial charge in [-0.25, -0.2) is 4.39 Å². The van der Waals surface area contributed by atoms with Crippen molar-refractivity contribution in [2.75, 3.05) is 0 Å². The molecule has 9 aromatic carbocycles. The van der Waals surface area contributed by atoms with Crippen LogP contribution in [0, 0.1) is 5.82 Å². The molecule has 0 aliphatic heterocycles. The predicted octanol–water partition coefficient (Wildman–Crippen LogP) is 13.0. The molecular weight excluding hydrogens is 592 g/mol. The molecule has 47 heavy (non-hydrogen) atoms. The first-order chi connectivity index (χ1) is 22.9. The Hall–Kier alpha value is -5.74. The lowest BCUT2D eigenvalue weighted by Gasteiger charge is -2.20. The van der Waals surface area contributed by atoms with Gasteiger partial charge in [0.15, 0.2) is 0 Å². The highest BCUT2D eigenvalue weighted by molar-refractivity contribution is 6.30. The molecule has 0 saturated heterocycles. The molecule has 0 nitrogen and oxygen atoms in total. The average Bonchev–Trinajstić information content (AvgIpc) is 3.09. The number of benzene rings is 9. The van der Waals surface area contributed by atoms with Crippen LogP contribution in [0.3, 0.4) is 0 Å². The number of hydrogen-bond acceptors (Lipinski definition) is 0. The van der Waals surface area contributed by atoms with Crippen LogP contribution in [0.2, 0.25) is 0 Å². The second-order valence-corrected chi connectivity index (χ2v) is 12.1. The molecule has 0 aliphatic carbocycles. The Morgan fingerprint density at radius 3 is 1.34 bits per heavy atom. The second kappa shape index (κ2) is 10.1. The molecule has 0 N–H and O–H groups in total. The third kappa shape index (κ3) is 4.21. The van der Waals surface area contributed by atoms with E-state index < -0.39 is 11.7 Å². The smallest absolute Gasteiger partial charge is 0.207 e. The minimum atomic E-state index is -4.40. The highest BCUT2D eigenvalue weighted by atomic mass is 19.4. The monoisotopic (exact) mass is 616 g/mol. The largest absolute Gasteiger partial charge is 0.416 e. The lowest BCUT2D eigenvalue weighted by molar-refractivity contribution is -0.137. The van der Waals surface area contributed by atoms with E-state index in [1.807, 2.05) is 36.4 Å². The molecule has 0 aliphatic rings. The molecule has 9 rings (SSSR count). The van der Waals surface area contributed by atoms with Crippen LogP contribution >= 0.6 is 0 Å². The highest BCUT2D eigenvalue weighted by Crippen LogP contribution is 2.48.